The molecule has 0 saturated heterocycles. The lowest BCUT2D eigenvalue weighted by Crippen LogP contribution is -2.43. The molecule has 0 saturated carbocycles. The van der Waals surface area contributed by atoms with E-state index in [9.17, 15) is 9.59 Å². The van der Waals surface area contributed by atoms with Crippen LogP contribution in [0.1, 0.15) is 149 Å². The standard InChI is InChI=1S/C35H72N2O4/c1-7-9-11-13-15-17-19-21-23-28-36(3,4)30-32-40-34(38)26-25-27-35(39)41-33-31-37(5,6)29-24-22-20-18-16-14-12-10-8-2/h7-33H2,1-6H3/q+2. The van der Waals surface area contributed by atoms with E-state index in [-0.39, 0.29) is 24.8 Å². The maximum absolute atomic E-state index is 12.1. The van der Waals surface area contributed by atoms with Gasteiger partial charge < -0.3 is 18.4 Å². The first-order valence-electron chi connectivity index (χ1n) is 17.6. The van der Waals surface area contributed by atoms with Crippen LogP contribution < -0.4 is 0 Å². The molecule has 0 rings (SSSR count). The number of hydrogen-bond donors (Lipinski definition) is 0. The second-order valence-corrected chi connectivity index (χ2v) is 13.7. The third kappa shape index (κ3) is 28.7. The Hall–Kier alpha value is -1.14. The van der Waals surface area contributed by atoms with E-state index in [1.165, 1.54) is 116 Å². The lowest BCUT2D eigenvalue weighted by molar-refractivity contribution is -0.890. The van der Waals surface area contributed by atoms with Crippen LogP contribution in [0.4, 0.5) is 0 Å². The van der Waals surface area contributed by atoms with Gasteiger partial charge in [-0.05, 0) is 32.1 Å². The number of esters is 2. The van der Waals surface area contributed by atoms with Crippen molar-refractivity contribution in [2.45, 2.75) is 149 Å². The van der Waals surface area contributed by atoms with E-state index < -0.39 is 0 Å². The fourth-order valence-corrected chi connectivity index (χ4v) is 5.26. The summed E-state index contributed by atoms with van der Waals surface area (Å²) in [6.07, 6.45) is 25.2. The van der Waals surface area contributed by atoms with Crippen LogP contribution in [0.25, 0.3) is 0 Å². The first kappa shape index (κ1) is 39.9. The second kappa shape index (κ2) is 26.5. The van der Waals surface area contributed by atoms with Crippen LogP contribution >= 0.6 is 0 Å². The summed E-state index contributed by atoms with van der Waals surface area (Å²) < 4.78 is 12.7. The highest BCUT2D eigenvalue weighted by molar-refractivity contribution is 5.72. The highest BCUT2D eigenvalue weighted by Gasteiger charge is 2.17. The Bertz CT molecular complexity index is 569. The summed E-state index contributed by atoms with van der Waals surface area (Å²) in [6.45, 7) is 9.32. The zero-order valence-electron chi connectivity index (χ0n) is 28.6. The number of ether oxygens (including phenoxy) is 2. The Morgan fingerprint density at radius 1 is 0.415 bits per heavy atom. The van der Waals surface area contributed by atoms with Crippen LogP contribution in [0.3, 0.4) is 0 Å². The quantitative estimate of drug-likeness (QED) is 0.0483. The van der Waals surface area contributed by atoms with Crippen LogP contribution in [0.2, 0.25) is 0 Å². The number of likely N-dealkylation sites (N-methyl/N-ethyl adjacent to an activating group) is 2. The molecule has 0 spiro atoms. The van der Waals surface area contributed by atoms with Crippen molar-refractivity contribution in [1.29, 1.82) is 0 Å². The van der Waals surface area contributed by atoms with Crippen molar-refractivity contribution in [1.82, 2.24) is 0 Å². The summed E-state index contributed by atoms with van der Waals surface area (Å²) in [5.41, 5.74) is 0. The van der Waals surface area contributed by atoms with E-state index in [0.29, 0.717) is 19.6 Å². The largest absolute Gasteiger partial charge is 0.460 e. The molecule has 0 unspecified atom stereocenters. The molecule has 0 N–H and O–H groups in total. The van der Waals surface area contributed by atoms with Crippen molar-refractivity contribution >= 4 is 11.9 Å². The van der Waals surface area contributed by atoms with E-state index in [2.05, 4.69) is 42.0 Å². The number of quaternary nitrogens is 2. The molecule has 0 atom stereocenters. The third-order valence-electron chi connectivity index (χ3n) is 8.42. The highest BCUT2D eigenvalue weighted by Crippen LogP contribution is 2.12. The number of carbonyl (C=O) groups excluding carboxylic acids is 2. The second-order valence-electron chi connectivity index (χ2n) is 13.7. The molecule has 0 aliphatic heterocycles. The first-order chi connectivity index (χ1) is 19.6. The summed E-state index contributed by atoms with van der Waals surface area (Å²) >= 11 is 0. The predicted molar refractivity (Wildman–Crippen MR) is 174 cm³/mol. The Labute approximate surface area is 256 Å². The van der Waals surface area contributed by atoms with Gasteiger partial charge in [0.2, 0.25) is 0 Å². The Balaban J connectivity index is 3.72. The van der Waals surface area contributed by atoms with Gasteiger partial charge in [-0.2, -0.15) is 0 Å². The highest BCUT2D eigenvalue weighted by atomic mass is 16.5. The monoisotopic (exact) mass is 585 g/mol. The van der Waals surface area contributed by atoms with Crippen molar-refractivity contribution in [3.63, 3.8) is 0 Å². The normalized spacial score (nSPS) is 12.0. The molecule has 0 aliphatic carbocycles. The van der Waals surface area contributed by atoms with Crippen molar-refractivity contribution in [2.75, 3.05) is 67.6 Å². The van der Waals surface area contributed by atoms with Gasteiger partial charge in [0.05, 0.1) is 41.3 Å². The average molecular weight is 585 g/mol. The Kier molecular flexibility index (Phi) is 25.7. The molecule has 0 aromatic heterocycles. The van der Waals surface area contributed by atoms with E-state index in [1.807, 2.05) is 0 Å². The van der Waals surface area contributed by atoms with Crippen molar-refractivity contribution in [2.24, 2.45) is 0 Å². The molecule has 0 bridgehead atoms. The molecule has 244 valence electrons. The number of carbonyl (C=O) groups is 2. The molecular formula is C35H72N2O4+2. The van der Waals surface area contributed by atoms with Gasteiger partial charge in [0.25, 0.3) is 0 Å². The van der Waals surface area contributed by atoms with Gasteiger partial charge in [0, 0.05) is 12.8 Å². The van der Waals surface area contributed by atoms with E-state index >= 15 is 0 Å². The fraction of sp³-hybridized carbons (Fsp3) is 0.943. The molecule has 6 nitrogen and oxygen atoms in total. The van der Waals surface area contributed by atoms with Gasteiger partial charge in [-0.1, -0.05) is 104 Å². The van der Waals surface area contributed by atoms with Gasteiger partial charge in [0.1, 0.15) is 26.3 Å². The third-order valence-corrected chi connectivity index (χ3v) is 8.42. The first-order valence-corrected chi connectivity index (χ1v) is 17.6. The smallest absolute Gasteiger partial charge is 0.306 e. The molecule has 41 heavy (non-hydrogen) atoms. The van der Waals surface area contributed by atoms with Crippen molar-refractivity contribution in [3.8, 4) is 0 Å². The van der Waals surface area contributed by atoms with Gasteiger partial charge in [-0.3, -0.25) is 9.59 Å². The fourth-order valence-electron chi connectivity index (χ4n) is 5.26. The minimum atomic E-state index is -0.209. The lowest BCUT2D eigenvalue weighted by atomic mass is 10.1. The van der Waals surface area contributed by atoms with Crippen LogP contribution in [0.5, 0.6) is 0 Å². The average Bonchev–Trinajstić information content (AvgIpc) is 2.91. The molecule has 0 amide bonds. The topological polar surface area (TPSA) is 52.6 Å². The van der Waals surface area contributed by atoms with E-state index in [0.717, 1.165) is 35.1 Å². The lowest BCUT2D eigenvalue weighted by Gasteiger charge is -2.29. The Morgan fingerprint density at radius 2 is 0.707 bits per heavy atom. The van der Waals surface area contributed by atoms with Crippen molar-refractivity contribution < 1.29 is 28.0 Å². The van der Waals surface area contributed by atoms with E-state index in [1.54, 1.807) is 0 Å². The van der Waals surface area contributed by atoms with Gasteiger partial charge in [-0.15, -0.1) is 0 Å². The zero-order chi connectivity index (χ0) is 30.7. The van der Waals surface area contributed by atoms with Gasteiger partial charge >= 0.3 is 11.9 Å². The molecule has 6 heteroatoms. The molecular weight excluding hydrogens is 512 g/mol. The minimum absolute atomic E-state index is 0.209. The summed E-state index contributed by atoms with van der Waals surface area (Å²) in [6, 6.07) is 0. The summed E-state index contributed by atoms with van der Waals surface area (Å²) in [7, 11) is 8.85. The molecule has 0 heterocycles. The number of unbranched alkanes of at least 4 members (excludes halogenated alkanes) is 16. The van der Waals surface area contributed by atoms with Crippen LogP contribution in [0, 0.1) is 0 Å². The SMILES string of the molecule is CCCCCCCCCCC[N+](C)(C)CCOC(=O)CCCC(=O)OCC[N+](C)(C)CCCCCCCCCCC. The molecule has 0 aromatic carbocycles. The van der Waals surface area contributed by atoms with E-state index in [4.69, 9.17) is 9.47 Å². The summed E-state index contributed by atoms with van der Waals surface area (Å²) in [5, 5.41) is 0. The number of rotatable bonds is 30. The Morgan fingerprint density at radius 3 is 1.02 bits per heavy atom. The zero-order valence-corrected chi connectivity index (χ0v) is 28.6. The molecule has 0 aromatic rings. The summed E-state index contributed by atoms with van der Waals surface area (Å²) in [5.74, 6) is -0.417. The minimum Gasteiger partial charge on any atom is -0.460 e. The maximum Gasteiger partial charge on any atom is 0.306 e. The van der Waals surface area contributed by atoms with Crippen LogP contribution in [-0.4, -0.2) is 88.5 Å². The predicted octanol–water partition coefficient (Wildman–Crippen LogP) is 8.46. The van der Waals surface area contributed by atoms with Crippen LogP contribution in [0.15, 0.2) is 0 Å². The molecule has 0 fully saturated rings. The van der Waals surface area contributed by atoms with Crippen molar-refractivity contribution in [3.05, 3.63) is 0 Å². The van der Waals surface area contributed by atoms with Gasteiger partial charge in [-0.25, -0.2) is 0 Å². The van der Waals surface area contributed by atoms with Gasteiger partial charge in [0.15, 0.2) is 0 Å². The summed E-state index contributed by atoms with van der Waals surface area (Å²) in [4.78, 5) is 24.2. The number of nitrogens with zero attached hydrogens (tertiary/aromatic N) is 2. The number of hydrogen-bond acceptors (Lipinski definition) is 4. The molecule has 0 radical (unpaired) electrons. The molecule has 0 aliphatic rings. The van der Waals surface area contributed by atoms with Crippen LogP contribution in [-0.2, 0) is 19.1 Å². The maximum atomic E-state index is 12.1.